The van der Waals surface area contributed by atoms with Crippen molar-refractivity contribution in [3.63, 3.8) is 0 Å². The summed E-state index contributed by atoms with van der Waals surface area (Å²) >= 11 is 0. The molecule has 0 bridgehead atoms. The van der Waals surface area contributed by atoms with Crippen molar-refractivity contribution < 1.29 is 28.7 Å². The van der Waals surface area contributed by atoms with E-state index in [2.05, 4.69) is 31.6 Å². The van der Waals surface area contributed by atoms with Gasteiger partial charge in [0.15, 0.2) is 0 Å². The Morgan fingerprint density at radius 2 is 1.53 bits per heavy atom. The van der Waals surface area contributed by atoms with Gasteiger partial charge in [-0.15, -0.1) is 0 Å². The van der Waals surface area contributed by atoms with Crippen molar-refractivity contribution in [3.05, 3.63) is 95.3 Å². The van der Waals surface area contributed by atoms with Gasteiger partial charge >= 0.3 is 6.09 Å². The zero-order chi connectivity index (χ0) is 38.7. The zero-order valence-electron chi connectivity index (χ0n) is 31.7. The second kappa shape index (κ2) is 18.5. The summed E-state index contributed by atoms with van der Waals surface area (Å²) in [5.74, 6) is -1.65. The van der Waals surface area contributed by atoms with Crippen LogP contribution in [0.25, 0.3) is 0 Å². The number of pyridine rings is 1. The highest BCUT2D eigenvalue weighted by atomic mass is 16.6. The van der Waals surface area contributed by atoms with E-state index < -0.39 is 36.0 Å². The minimum Gasteiger partial charge on any atom is -0.449 e. The molecule has 0 radical (unpaired) electrons. The number of likely N-dealkylation sites (N-methyl/N-ethyl adjacent to an activating group) is 1. The molecule has 0 unspecified atom stereocenters. The molecule has 1 fully saturated rings. The summed E-state index contributed by atoms with van der Waals surface area (Å²) in [5, 5.41) is 14.9. The standard InChI is InChI=1S/C40H53N7O6/c1-8-41-38(51)34(25(2)3)46-35(48)27(5)43-22-32(21-31-16-12-13-17-42-31)45-37(50)30-18-29(36(49)44-26(4)28-14-10-9-11-15-28)19-33(20-30)47-23-40(6,7)24-53-39(47)52/h9-20,25-27,32,34,43H,8,21-24H2,1-7H3,(H,41,51)(H,44,49)(H,45,50)(H,46,48)/t26-,27+,32+,34+/m1/s1. The molecule has 2 aromatic carbocycles. The van der Waals surface area contributed by atoms with Gasteiger partial charge in [-0.3, -0.25) is 29.1 Å². The first-order valence-corrected chi connectivity index (χ1v) is 18.1. The Hall–Kier alpha value is -5.30. The minimum atomic E-state index is -0.701. The lowest BCUT2D eigenvalue weighted by molar-refractivity contribution is -0.130. The van der Waals surface area contributed by atoms with Gasteiger partial charge < -0.3 is 31.3 Å². The average molecular weight is 728 g/mol. The summed E-state index contributed by atoms with van der Waals surface area (Å²) < 4.78 is 5.47. The van der Waals surface area contributed by atoms with Gasteiger partial charge in [0.25, 0.3) is 11.8 Å². The Labute approximate surface area is 312 Å². The number of carbonyl (C=O) groups excluding carboxylic acids is 5. The van der Waals surface area contributed by atoms with Crippen LogP contribution < -0.4 is 31.5 Å². The summed E-state index contributed by atoms with van der Waals surface area (Å²) in [6.45, 7) is 14.2. The number of ether oxygens (including phenoxy) is 1. The molecule has 0 spiro atoms. The highest BCUT2D eigenvalue weighted by Gasteiger charge is 2.35. The lowest BCUT2D eigenvalue weighted by Crippen LogP contribution is -2.55. The van der Waals surface area contributed by atoms with Crippen molar-refractivity contribution in [1.82, 2.24) is 31.6 Å². The van der Waals surface area contributed by atoms with Crippen LogP contribution in [-0.4, -0.2) is 79.1 Å². The molecule has 3 aromatic rings. The molecule has 5 amide bonds. The Bertz CT molecular complexity index is 1730. The molecule has 0 saturated carbocycles. The maximum Gasteiger partial charge on any atom is 0.414 e. The van der Waals surface area contributed by atoms with Gasteiger partial charge in [-0.1, -0.05) is 64.1 Å². The molecular weight excluding hydrogens is 674 g/mol. The zero-order valence-corrected chi connectivity index (χ0v) is 31.7. The van der Waals surface area contributed by atoms with Gasteiger partial charge in [-0.2, -0.15) is 0 Å². The normalized spacial score (nSPS) is 16.1. The SMILES string of the molecule is CCNC(=O)[C@@H](NC(=O)[C@H](C)NC[C@H](Cc1ccccn1)NC(=O)c1cc(C(=O)N[C@H](C)c2ccccc2)cc(N2CC(C)(C)COC2=O)c1)C(C)C. The molecule has 13 nitrogen and oxygen atoms in total. The van der Waals surface area contributed by atoms with Crippen LogP contribution in [0.4, 0.5) is 10.5 Å². The smallest absolute Gasteiger partial charge is 0.414 e. The Kier molecular flexibility index (Phi) is 14.1. The quantitative estimate of drug-likeness (QED) is 0.147. The first kappa shape index (κ1) is 40.5. The third kappa shape index (κ3) is 11.6. The molecule has 53 heavy (non-hydrogen) atoms. The van der Waals surface area contributed by atoms with Gasteiger partial charge in [-0.25, -0.2) is 4.79 Å². The molecule has 1 aliphatic rings. The highest BCUT2D eigenvalue weighted by molar-refractivity contribution is 6.03. The molecule has 4 rings (SSSR count). The van der Waals surface area contributed by atoms with Gasteiger partial charge in [0.1, 0.15) is 6.04 Å². The summed E-state index contributed by atoms with van der Waals surface area (Å²) in [4.78, 5) is 72.4. The minimum absolute atomic E-state index is 0.129. The maximum absolute atomic E-state index is 14.1. The lowest BCUT2D eigenvalue weighted by atomic mass is 9.92. The van der Waals surface area contributed by atoms with Gasteiger partial charge in [0.2, 0.25) is 11.8 Å². The van der Waals surface area contributed by atoms with Crippen LogP contribution in [0, 0.1) is 11.3 Å². The van der Waals surface area contributed by atoms with Gasteiger partial charge in [-0.05, 0) is 62.6 Å². The monoisotopic (exact) mass is 727 g/mol. The fraction of sp³-hybridized carbons (Fsp3) is 0.450. The Balaban J connectivity index is 1.59. The number of cyclic esters (lactones) is 1. The van der Waals surface area contributed by atoms with Crippen LogP contribution in [0.3, 0.4) is 0 Å². The number of anilines is 1. The predicted octanol–water partition coefficient (Wildman–Crippen LogP) is 4.15. The van der Waals surface area contributed by atoms with Crippen molar-refractivity contribution >= 4 is 35.4 Å². The molecule has 4 atom stereocenters. The fourth-order valence-corrected chi connectivity index (χ4v) is 5.93. The van der Waals surface area contributed by atoms with Crippen molar-refractivity contribution in [2.75, 3.05) is 31.1 Å². The number of hydrogen-bond donors (Lipinski definition) is 5. The fourth-order valence-electron chi connectivity index (χ4n) is 5.93. The summed E-state index contributed by atoms with van der Waals surface area (Å²) in [7, 11) is 0. The van der Waals surface area contributed by atoms with Crippen molar-refractivity contribution in [3.8, 4) is 0 Å². The molecular formula is C40H53N7O6. The van der Waals surface area contributed by atoms with E-state index in [1.54, 1.807) is 31.3 Å². The summed E-state index contributed by atoms with van der Waals surface area (Å²) in [6.07, 6.45) is 1.42. The number of aromatic nitrogens is 1. The van der Waals surface area contributed by atoms with E-state index in [0.717, 1.165) is 11.3 Å². The number of carbonyl (C=O) groups is 5. The summed E-state index contributed by atoms with van der Waals surface area (Å²) in [6, 6.07) is 17.4. The van der Waals surface area contributed by atoms with E-state index in [9.17, 15) is 24.0 Å². The van der Waals surface area contributed by atoms with Crippen LogP contribution in [-0.2, 0) is 20.7 Å². The van der Waals surface area contributed by atoms with Crippen LogP contribution in [0.1, 0.15) is 86.5 Å². The Morgan fingerprint density at radius 3 is 2.15 bits per heavy atom. The van der Waals surface area contributed by atoms with E-state index in [-0.39, 0.29) is 53.5 Å². The summed E-state index contributed by atoms with van der Waals surface area (Å²) in [5.41, 5.74) is 1.97. The maximum atomic E-state index is 14.1. The molecule has 2 heterocycles. The van der Waals surface area contributed by atoms with Crippen molar-refractivity contribution in [2.24, 2.45) is 11.3 Å². The van der Waals surface area contributed by atoms with E-state index in [1.165, 1.54) is 11.0 Å². The third-order valence-corrected chi connectivity index (χ3v) is 8.97. The van der Waals surface area contributed by atoms with E-state index in [4.69, 9.17) is 4.74 Å². The molecule has 1 saturated heterocycles. The molecule has 284 valence electrons. The molecule has 5 N–H and O–H groups in total. The Morgan fingerprint density at radius 1 is 0.868 bits per heavy atom. The van der Waals surface area contributed by atoms with E-state index in [0.29, 0.717) is 25.2 Å². The number of rotatable bonds is 16. The van der Waals surface area contributed by atoms with Crippen LogP contribution in [0.2, 0.25) is 0 Å². The first-order valence-electron chi connectivity index (χ1n) is 18.1. The second-order valence-electron chi connectivity index (χ2n) is 14.6. The molecule has 1 aromatic heterocycles. The number of nitrogens with one attached hydrogen (secondary N) is 5. The van der Waals surface area contributed by atoms with Gasteiger partial charge in [0.05, 0.1) is 18.7 Å². The van der Waals surface area contributed by atoms with Crippen molar-refractivity contribution in [1.29, 1.82) is 0 Å². The number of nitrogens with zero attached hydrogens (tertiary/aromatic N) is 2. The predicted molar refractivity (Wildman–Crippen MR) is 203 cm³/mol. The molecule has 13 heteroatoms. The number of hydrogen-bond acceptors (Lipinski definition) is 8. The number of benzene rings is 2. The van der Waals surface area contributed by atoms with E-state index >= 15 is 0 Å². The average Bonchev–Trinajstić information content (AvgIpc) is 3.14. The van der Waals surface area contributed by atoms with Crippen LogP contribution in [0.5, 0.6) is 0 Å². The van der Waals surface area contributed by atoms with Crippen molar-refractivity contribution in [2.45, 2.75) is 79.1 Å². The molecule has 1 aliphatic heterocycles. The second-order valence-corrected chi connectivity index (χ2v) is 14.6. The topological polar surface area (TPSA) is 171 Å². The third-order valence-electron chi connectivity index (χ3n) is 8.97. The lowest BCUT2D eigenvalue weighted by Gasteiger charge is -2.37. The van der Waals surface area contributed by atoms with E-state index in [1.807, 2.05) is 84.0 Å². The van der Waals surface area contributed by atoms with Crippen LogP contribution >= 0.6 is 0 Å². The molecule has 0 aliphatic carbocycles. The highest BCUT2D eigenvalue weighted by Crippen LogP contribution is 2.30. The number of amides is 5. The van der Waals surface area contributed by atoms with Gasteiger partial charge in [0, 0.05) is 66.2 Å². The largest absolute Gasteiger partial charge is 0.449 e. The van der Waals surface area contributed by atoms with Crippen LogP contribution in [0.15, 0.2) is 72.9 Å². The first-order chi connectivity index (χ1) is 25.2.